The number of benzene rings is 1. The van der Waals surface area contributed by atoms with Crippen LogP contribution >= 0.6 is 23.6 Å². The van der Waals surface area contributed by atoms with Gasteiger partial charge in [-0.2, -0.15) is 0 Å². The highest BCUT2D eigenvalue weighted by Gasteiger charge is 2.23. The molecule has 1 amide bonds. The van der Waals surface area contributed by atoms with Crippen LogP contribution in [0, 0.1) is 16.0 Å². The van der Waals surface area contributed by atoms with Gasteiger partial charge in [-0.1, -0.05) is 38.5 Å². The maximum absolute atomic E-state index is 13.1. The number of thiocarbonyl (C=S) groups is 1. The van der Waals surface area contributed by atoms with Crippen molar-refractivity contribution < 1.29 is 9.72 Å². The molecule has 9 nitrogen and oxygen atoms in total. The highest BCUT2D eigenvalue weighted by atomic mass is 32.1. The van der Waals surface area contributed by atoms with Crippen LogP contribution in [0.15, 0.2) is 54.3 Å². The second-order valence-corrected chi connectivity index (χ2v) is 10.1. The number of nitrogens with zero attached hydrogens (tertiary/aromatic N) is 4. The van der Waals surface area contributed by atoms with Crippen molar-refractivity contribution in [3.63, 3.8) is 0 Å². The minimum Gasteiger partial charge on any atom is -0.366 e. The zero-order chi connectivity index (χ0) is 26.1. The van der Waals surface area contributed by atoms with E-state index in [1.807, 2.05) is 23.1 Å². The van der Waals surface area contributed by atoms with E-state index in [0.717, 1.165) is 17.7 Å². The van der Waals surface area contributed by atoms with Gasteiger partial charge in [0.15, 0.2) is 5.11 Å². The molecular weight excluding hydrogens is 496 g/mol. The third-order valence-corrected chi connectivity index (χ3v) is 7.49. The van der Waals surface area contributed by atoms with Gasteiger partial charge < -0.3 is 20.1 Å². The predicted molar refractivity (Wildman–Crippen MR) is 146 cm³/mol. The fourth-order valence-electron chi connectivity index (χ4n) is 3.84. The molecule has 0 bridgehead atoms. The summed E-state index contributed by atoms with van der Waals surface area (Å²) in [6, 6.07) is 10.4. The molecule has 2 N–H and O–H groups in total. The van der Waals surface area contributed by atoms with Crippen molar-refractivity contribution in [2.45, 2.75) is 45.8 Å². The van der Waals surface area contributed by atoms with Gasteiger partial charge in [0.25, 0.3) is 5.69 Å². The molecule has 0 aliphatic rings. The van der Waals surface area contributed by atoms with Crippen LogP contribution in [0.2, 0.25) is 0 Å². The molecule has 1 aromatic carbocycles. The highest BCUT2D eigenvalue weighted by molar-refractivity contribution is 7.80. The lowest BCUT2D eigenvalue weighted by Crippen LogP contribution is -2.50. The van der Waals surface area contributed by atoms with Gasteiger partial charge in [0.05, 0.1) is 24.2 Å². The number of nitro benzene ring substituents is 1. The summed E-state index contributed by atoms with van der Waals surface area (Å²) in [4.78, 5) is 31.1. The van der Waals surface area contributed by atoms with E-state index in [-0.39, 0.29) is 30.0 Å². The van der Waals surface area contributed by atoms with Crippen LogP contribution in [0.1, 0.15) is 36.4 Å². The van der Waals surface area contributed by atoms with Crippen molar-refractivity contribution in [3.8, 4) is 0 Å². The number of hydrogen-bond donors (Lipinski definition) is 2. The van der Waals surface area contributed by atoms with Crippen molar-refractivity contribution in [1.82, 2.24) is 25.1 Å². The smallest absolute Gasteiger partial charge is 0.269 e. The fourth-order valence-corrected chi connectivity index (χ4v) is 4.70. The number of rotatable bonds is 12. The number of non-ortho nitro benzene ring substituents is 1. The molecule has 0 unspecified atom stereocenters. The van der Waals surface area contributed by atoms with E-state index in [1.54, 1.807) is 36.0 Å². The number of imidazole rings is 1. The summed E-state index contributed by atoms with van der Waals surface area (Å²) in [7, 11) is 1.81. The summed E-state index contributed by atoms with van der Waals surface area (Å²) in [6.07, 6.45) is 4.45. The summed E-state index contributed by atoms with van der Waals surface area (Å²) >= 11 is 7.24. The second kappa shape index (κ2) is 13.1. The van der Waals surface area contributed by atoms with E-state index < -0.39 is 4.92 Å². The summed E-state index contributed by atoms with van der Waals surface area (Å²) in [5.74, 6) is 0.168. The molecule has 192 valence electrons. The van der Waals surface area contributed by atoms with Gasteiger partial charge in [0.2, 0.25) is 5.91 Å². The lowest BCUT2D eigenvalue weighted by Gasteiger charge is -2.32. The average molecular weight is 529 g/mol. The van der Waals surface area contributed by atoms with Gasteiger partial charge >= 0.3 is 0 Å². The Labute approximate surface area is 220 Å². The first-order valence-electron chi connectivity index (χ1n) is 11.8. The molecular formula is C25H32N6O3S2. The highest BCUT2D eigenvalue weighted by Crippen LogP contribution is 2.17. The average Bonchev–Trinajstić information content (AvgIpc) is 3.54. The Balaban J connectivity index is 1.67. The minimum absolute atomic E-state index is 0.0472. The Morgan fingerprint density at radius 3 is 2.67 bits per heavy atom. The van der Waals surface area contributed by atoms with Crippen LogP contribution in [0.4, 0.5) is 5.69 Å². The van der Waals surface area contributed by atoms with Crippen LogP contribution in [-0.4, -0.2) is 50.0 Å². The van der Waals surface area contributed by atoms with Crippen LogP contribution < -0.4 is 10.6 Å². The van der Waals surface area contributed by atoms with Crippen molar-refractivity contribution in [2.75, 3.05) is 13.6 Å². The Bertz CT molecular complexity index is 1150. The van der Waals surface area contributed by atoms with Gasteiger partial charge in [-0.3, -0.25) is 14.9 Å². The summed E-state index contributed by atoms with van der Waals surface area (Å²) < 4.78 is 1.89. The quantitative estimate of drug-likeness (QED) is 0.208. The first-order valence-corrected chi connectivity index (χ1v) is 13.1. The number of nitrogens with one attached hydrogen (secondary N) is 2. The van der Waals surface area contributed by atoms with Gasteiger partial charge in [-0.15, -0.1) is 11.3 Å². The fraction of sp³-hybridized carbons (Fsp3) is 0.400. The van der Waals surface area contributed by atoms with E-state index in [4.69, 9.17) is 12.2 Å². The van der Waals surface area contributed by atoms with Gasteiger partial charge in [0, 0.05) is 55.1 Å². The molecule has 2 aromatic heterocycles. The molecule has 2 heterocycles. The largest absolute Gasteiger partial charge is 0.366 e. The summed E-state index contributed by atoms with van der Waals surface area (Å²) in [6.45, 7) is 6.00. The third kappa shape index (κ3) is 7.59. The van der Waals surface area contributed by atoms with E-state index >= 15 is 0 Å². The normalized spacial score (nSPS) is 12.5. The lowest BCUT2D eigenvalue weighted by molar-refractivity contribution is -0.384. The van der Waals surface area contributed by atoms with E-state index in [0.29, 0.717) is 24.7 Å². The molecule has 0 saturated heterocycles. The maximum atomic E-state index is 13.1. The molecule has 0 aliphatic carbocycles. The first kappa shape index (κ1) is 27.3. The van der Waals surface area contributed by atoms with E-state index in [2.05, 4.69) is 40.4 Å². The molecule has 0 fully saturated rings. The predicted octanol–water partition coefficient (Wildman–Crippen LogP) is 3.98. The Morgan fingerprint density at radius 2 is 2.06 bits per heavy atom. The molecule has 0 radical (unpaired) electrons. The molecule has 3 rings (SSSR count). The molecule has 0 spiro atoms. The summed E-state index contributed by atoms with van der Waals surface area (Å²) in [5.41, 5.74) is 1.71. The molecule has 3 aromatic rings. The Kier molecular flexibility index (Phi) is 9.95. The molecule has 11 heteroatoms. The van der Waals surface area contributed by atoms with Crippen molar-refractivity contribution >= 4 is 40.3 Å². The molecule has 0 saturated carbocycles. The SMILES string of the molecule is CC[C@H](C)[C@@H](CN(Cc1cccs1)C(=S)NC)NC(=O)Cc1cncn1Cc1ccc([N+](=O)[O-])cc1. The van der Waals surface area contributed by atoms with Crippen LogP contribution in [0.25, 0.3) is 0 Å². The van der Waals surface area contributed by atoms with Crippen LogP contribution in [0.3, 0.4) is 0 Å². The van der Waals surface area contributed by atoms with Crippen LogP contribution in [-0.2, 0) is 24.3 Å². The number of nitro groups is 1. The van der Waals surface area contributed by atoms with Crippen LogP contribution in [0.5, 0.6) is 0 Å². The maximum Gasteiger partial charge on any atom is 0.269 e. The number of thiophene rings is 1. The molecule has 36 heavy (non-hydrogen) atoms. The Morgan fingerprint density at radius 1 is 1.31 bits per heavy atom. The zero-order valence-corrected chi connectivity index (χ0v) is 22.3. The summed E-state index contributed by atoms with van der Waals surface area (Å²) in [5, 5.41) is 19.9. The van der Waals surface area contributed by atoms with Crippen molar-refractivity contribution in [2.24, 2.45) is 5.92 Å². The van der Waals surface area contributed by atoms with Crippen molar-refractivity contribution in [3.05, 3.63) is 80.6 Å². The number of carbonyl (C=O) groups excluding carboxylic acids is 1. The first-order chi connectivity index (χ1) is 17.3. The standard InChI is InChI=1S/C25H32N6O3S2/c1-4-18(2)23(16-29(25(35)26-3)15-22-6-5-11-36-22)28-24(32)12-21-13-27-17-30(21)14-19-7-9-20(10-8-19)31(33)34/h5-11,13,17-18,23H,4,12,14-16H2,1-3H3,(H,26,35)(H,28,32)/t18-,23+/m0/s1. The van der Waals surface area contributed by atoms with Gasteiger partial charge in [-0.05, 0) is 35.1 Å². The molecule has 0 aliphatic heterocycles. The minimum atomic E-state index is -0.421. The van der Waals surface area contributed by atoms with Crippen molar-refractivity contribution in [1.29, 1.82) is 0 Å². The third-order valence-electron chi connectivity index (χ3n) is 6.16. The molecule has 2 atom stereocenters. The second-order valence-electron chi connectivity index (χ2n) is 8.69. The van der Waals surface area contributed by atoms with Gasteiger partial charge in [0.1, 0.15) is 0 Å². The number of hydrogen-bond acceptors (Lipinski definition) is 6. The monoisotopic (exact) mass is 528 g/mol. The number of aromatic nitrogens is 2. The lowest BCUT2D eigenvalue weighted by atomic mass is 9.98. The number of amides is 1. The topological polar surface area (TPSA) is 105 Å². The van der Waals surface area contributed by atoms with E-state index in [9.17, 15) is 14.9 Å². The number of carbonyl (C=O) groups is 1. The van der Waals surface area contributed by atoms with E-state index in [1.165, 1.54) is 17.0 Å². The zero-order valence-electron chi connectivity index (χ0n) is 20.7. The van der Waals surface area contributed by atoms with Gasteiger partial charge in [-0.25, -0.2) is 4.98 Å². The Hall–Kier alpha value is -3.31.